The molecule has 0 saturated carbocycles. The lowest BCUT2D eigenvalue weighted by Gasteiger charge is -2.22. The zero-order valence-corrected chi connectivity index (χ0v) is 12.0. The van der Waals surface area contributed by atoms with Crippen LogP contribution in [0.4, 0.5) is 0 Å². The third kappa shape index (κ3) is 2.78. The van der Waals surface area contributed by atoms with Crippen LogP contribution in [0.15, 0.2) is 29.2 Å². The van der Waals surface area contributed by atoms with Gasteiger partial charge in [-0.05, 0) is 44.0 Å². The SMILES string of the molecule is CCOC(=O)C1CCCN1S(=O)(=O)c1ccc(O)cc1. The molecule has 0 spiro atoms. The van der Waals surface area contributed by atoms with Gasteiger partial charge >= 0.3 is 5.97 Å². The highest BCUT2D eigenvalue weighted by Crippen LogP contribution is 2.27. The van der Waals surface area contributed by atoms with Gasteiger partial charge in [0.1, 0.15) is 11.8 Å². The van der Waals surface area contributed by atoms with Crippen LogP contribution >= 0.6 is 0 Å². The van der Waals surface area contributed by atoms with Crippen molar-refractivity contribution in [3.63, 3.8) is 0 Å². The van der Waals surface area contributed by atoms with E-state index in [0.717, 1.165) is 0 Å². The molecule has 0 aromatic heterocycles. The number of sulfonamides is 1. The number of ether oxygens (including phenoxy) is 1. The lowest BCUT2D eigenvalue weighted by atomic mass is 10.2. The van der Waals surface area contributed by atoms with Crippen LogP contribution in [0, 0.1) is 0 Å². The van der Waals surface area contributed by atoms with Crippen LogP contribution in [-0.4, -0.2) is 43.0 Å². The van der Waals surface area contributed by atoms with Crippen molar-refractivity contribution in [1.29, 1.82) is 0 Å². The van der Waals surface area contributed by atoms with Gasteiger partial charge < -0.3 is 9.84 Å². The van der Waals surface area contributed by atoms with Gasteiger partial charge in [0.15, 0.2) is 0 Å². The van der Waals surface area contributed by atoms with Crippen molar-refractivity contribution in [2.45, 2.75) is 30.7 Å². The molecule has 1 aromatic rings. The van der Waals surface area contributed by atoms with Gasteiger partial charge in [-0.15, -0.1) is 0 Å². The second kappa shape index (κ2) is 5.80. The highest BCUT2D eigenvalue weighted by atomic mass is 32.2. The summed E-state index contributed by atoms with van der Waals surface area (Å²) in [6.45, 7) is 2.21. The van der Waals surface area contributed by atoms with Crippen molar-refractivity contribution in [2.75, 3.05) is 13.2 Å². The van der Waals surface area contributed by atoms with E-state index < -0.39 is 22.0 Å². The minimum atomic E-state index is -3.75. The zero-order chi connectivity index (χ0) is 14.8. The minimum Gasteiger partial charge on any atom is -0.508 e. The molecule has 1 aromatic carbocycles. The second-order valence-corrected chi connectivity index (χ2v) is 6.41. The van der Waals surface area contributed by atoms with Gasteiger partial charge in [0.25, 0.3) is 0 Å². The quantitative estimate of drug-likeness (QED) is 0.842. The zero-order valence-electron chi connectivity index (χ0n) is 11.2. The Morgan fingerprint density at radius 2 is 2.05 bits per heavy atom. The summed E-state index contributed by atoms with van der Waals surface area (Å²) in [7, 11) is -3.75. The summed E-state index contributed by atoms with van der Waals surface area (Å²) in [5.41, 5.74) is 0. The predicted molar refractivity (Wildman–Crippen MR) is 71.7 cm³/mol. The van der Waals surface area contributed by atoms with E-state index in [4.69, 9.17) is 4.74 Å². The van der Waals surface area contributed by atoms with Crippen molar-refractivity contribution in [1.82, 2.24) is 4.31 Å². The topological polar surface area (TPSA) is 83.9 Å². The van der Waals surface area contributed by atoms with Crippen molar-refractivity contribution in [3.8, 4) is 5.75 Å². The Bertz CT molecular complexity index is 581. The molecule has 1 aliphatic rings. The van der Waals surface area contributed by atoms with E-state index in [1.54, 1.807) is 6.92 Å². The largest absolute Gasteiger partial charge is 0.508 e. The fraction of sp³-hybridized carbons (Fsp3) is 0.462. The van der Waals surface area contributed by atoms with E-state index in [0.29, 0.717) is 19.4 Å². The summed E-state index contributed by atoms with van der Waals surface area (Å²) in [6.07, 6.45) is 1.09. The highest BCUT2D eigenvalue weighted by molar-refractivity contribution is 7.89. The van der Waals surface area contributed by atoms with Gasteiger partial charge in [0.2, 0.25) is 10.0 Å². The third-order valence-corrected chi connectivity index (χ3v) is 5.13. The first-order valence-electron chi connectivity index (χ1n) is 6.44. The summed E-state index contributed by atoms with van der Waals surface area (Å²) in [5.74, 6) is -0.514. The number of esters is 1. The molecule has 0 radical (unpaired) electrons. The number of nitrogens with zero attached hydrogens (tertiary/aromatic N) is 1. The van der Waals surface area contributed by atoms with E-state index in [1.165, 1.54) is 28.6 Å². The maximum absolute atomic E-state index is 12.5. The van der Waals surface area contributed by atoms with E-state index >= 15 is 0 Å². The van der Waals surface area contributed by atoms with Crippen molar-refractivity contribution >= 4 is 16.0 Å². The van der Waals surface area contributed by atoms with Crippen molar-refractivity contribution < 1.29 is 23.1 Å². The second-order valence-electron chi connectivity index (χ2n) is 4.52. The Balaban J connectivity index is 2.28. The van der Waals surface area contributed by atoms with Crippen LogP contribution in [0.25, 0.3) is 0 Å². The van der Waals surface area contributed by atoms with Gasteiger partial charge in [-0.2, -0.15) is 4.31 Å². The summed E-state index contributed by atoms with van der Waals surface area (Å²) in [4.78, 5) is 11.9. The van der Waals surface area contributed by atoms with Crippen LogP contribution in [0.3, 0.4) is 0 Å². The molecular formula is C13H17NO5S. The average Bonchev–Trinajstić information content (AvgIpc) is 2.89. The maximum atomic E-state index is 12.5. The predicted octanol–water partition coefficient (Wildman–Crippen LogP) is 1.11. The molecule has 6 nitrogen and oxygen atoms in total. The normalized spacial score (nSPS) is 19.9. The van der Waals surface area contributed by atoms with E-state index in [1.807, 2.05) is 0 Å². The van der Waals surface area contributed by atoms with E-state index in [2.05, 4.69) is 0 Å². The Kier molecular flexibility index (Phi) is 4.29. The Hall–Kier alpha value is -1.60. The first-order chi connectivity index (χ1) is 9.46. The Morgan fingerprint density at radius 3 is 2.65 bits per heavy atom. The fourth-order valence-corrected chi connectivity index (χ4v) is 3.90. The molecule has 0 aliphatic carbocycles. The Labute approximate surface area is 118 Å². The number of hydrogen-bond donors (Lipinski definition) is 1. The summed E-state index contributed by atoms with van der Waals surface area (Å²) in [5, 5.41) is 9.22. The molecule has 2 rings (SSSR count). The molecule has 1 fully saturated rings. The van der Waals surface area contributed by atoms with Crippen LogP contribution in [0.5, 0.6) is 5.75 Å². The monoisotopic (exact) mass is 299 g/mol. The number of hydrogen-bond acceptors (Lipinski definition) is 5. The molecule has 1 unspecified atom stereocenters. The minimum absolute atomic E-state index is 0.00712. The standard InChI is InChI=1S/C13H17NO5S/c1-2-19-13(16)12-4-3-9-14(12)20(17,18)11-7-5-10(15)6-8-11/h5-8,12,15H,2-4,9H2,1H3. The van der Waals surface area contributed by atoms with Crippen LogP contribution in [0.2, 0.25) is 0 Å². The van der Waals surface area contributed by atoms with Gasteiger partial charge in [0, 0.05) is 6.54 Å². The van der Waals surface area contributed by atoms with Crippen LogP contribution in [-0.2, 0) is 19.6 Å². The number of benzene rings is 1. The number of rotatable bonds is 4. The molecule has 1 heterocycles. The van der Waals surface area contributed by atoms with Crippen LogP contribution < -0.4 is 0 Å². The lowest BCUT2D eigenvalue weighted by molar-refractivity contribution is -0.146. The molecule has 110 valence electrons. The molecule has 0 bridgehead atoms. The van der Waals surface area contributed by atoms with Gasteiger partial charge in [-0.25, -0.2) is 8.42 Å². The third-order valence-electron chi connectivity index (χ3n) is 3.21. The van der Waals surface area contributed by atoms with Gasteiger partial charge in [-0.3, -0.25) is 4.79 Å². The van der Waals surface area contributed by atoms with Gasteiger partial charge in [0.05, 0.1) is 11.5 Å². The Morgan fingerprint density at radius 1 is 1.40 bits per heavy atom. The maximum Gasteiger partial charge on any atom is 0.324 e. The smallest absolute Gasteiger partial charge is 0.324 e. The number of carbonyl (C=O) groups is 1. The summed E-state index contributed by atoms with van der Waals surface area (Å²) < 4.78 is 31.1. The number of aromatic hydroxyl groups is 1. The molecule has 0 amide bonds. The summed E-state index contributed by atoms with van der Waals surface area (Å²) in [6, 6.07) is 4.51. The molecule has 7 heteroatoms. The summed E-state index contributed by atoms with van der Waals surface area (Å²) >= 11 is 0. The lowest BCUT2D eigenvalue weighted by Crippen LogP contribution is -2.41. The first kappa shape index (κ1) is 14.8. The molecule has 1 aliphatic heterocycles. The highest BCUT2D eigenvalue weighted by Gasteiger charge is 2.40. The van der Waals surface area contributed by atoms with Gasteiger partial charge in [-0.1, -0.05) is 0 Å². The van der Waals surface area contributed by atoms with Crippen molar-refractivity contribution in [2.24, 2.45) is 0 Å². The molecule has 1 N–H and O–H groups in total. The molecule has 1 atom stereocenters. The number of carbonyl (C=O) groups excluding carboxylic acids is 1. The average molecular weight is 299 g/mol. The van der Waals surface area contributed by atoms with Crippen LogP contribution in [0.1, 0.15) is 19.8 Å². The van der Waals surface area contributed by atoms with E-state index in [-0.39, 0.29) is 17.3 Å². The first-order valence-corrected chi connectivity index (χ1v) is 7.88. The molecule has 20 heavy (non-hydrogen) atoms. The number of phenols is 1. The van der Waals surface area contributed by atoms with E-state index in [9.17, 15) is 18.3 Å². The number of phenolic OH excluding ortho intramolecular Hbond substituents is 1. The molecule has 1 saturated heterocycles. The molecular weight excluding hydrogens is 282 g/mol. The fourth-order valence-electron chi connectivity index (χ4n) is 2.26. The van der Waals surface area contributed by atoms with Crippen molar-refractivity contribution in [3.05, 3.63) is 24.3 Å².